The van der Waals surface area contributed by atoms with Crippen molar-refractivity contribution in [2.24, 2.45) is 5.92 Å². The number of carbonyl (C=O) groups excluding carboxylic acids is 1. The molecule has 9 heteroatoms. The predicted octanol–water partition coefficient (Wildman–Crippen LogP) is 4.37. The zero-order valence-corrected chi connectivity index (χ0v) is 21.3. The molecule has 190 valence electrons. The molecular formula is C27H32N4O4S. The Morgan fingerprint density at radius 2 is 1.64 bits per heavy atom. The number of hydrogen-bond acceptors (Lipinski definition) is 7. The molecule has 0 aliphatic carbocycles. The number of nitrogens with one attached hydrogen (secondary N) is 2. The van der Waals surface area contributed by atoms with Crippen molar-refractivity contribution in [3.05, 3.63) is 89.2 Å². The van der Waals surface area contributed by atoms with Crippen LogP contribution in [0.2, 0.25) is 0 Å². The van der Waals surface area contributed by atoms with Gasteiger partial charge in [-0.2, -0.15) is 0 Å². The number of nitrogens with zero attached hydrogens (tertiary/aromatic N) is 2. The molecule has 0 bridgehead atoms. The predicted molar refractivity (Wildman–Crippen MR) is 138 cm³/mol. The van der Waals surface area contributed by atoms with Crippen LogP contribution in [0, 0.1) is 5.92 Å². The fraction of sp³-hybridized carbons (Fsp3) is 0.370. The van der Waals surface area contributed by atoms with E-state index in [0.29, 0.717) is 24.0 Å². The van der Waals surface area contributed by atoms with E-state index in [1.165, 1.54) is 0 Å². The maximum absolute atomic E-state index is 11.7. The second-order valence-electron chi connectivity index (χ2n) is 8.62. The number of urea groups is 1. The Kier molecular flexibility index (Phi) is 9.29. The molecule has 2 amide bonds. The van der Waals surface area contributed by atoms with Gasteiger partial charge in [0.05, 0.1) is 18.8 Å². The third-order valence-electron chi connectivity index (χ3n) is 6.08. The van der Waals surface area contributed by atoms with Crippen LogP contribution in [-0.4, -0.2) is 39.5 Å². The molecule has 1 aliphatic heterocycles. The number of aliphatic hydroxyl groups is 1. The molecule has 2 heterocycles. The van der Waals surface area contributed by atoms with Crippen molar-refractivity contribution in [1.29, 1.82) is 0 Å². The molecule has 2 aromatic carbocycles. The maximum atomic E-state index is 11.7. The zero-order chi connectivity index (χ0) is 25.3. The average molecular weight is 509 g/mol. The summed E-state index contributed by atoms with van der Waals surface area (Å²) in [5, 5.41) is 15.7. The molecule has 1 aromatic heterocycles. The van der Waals surface area contributed by atoms with Gasteiger partial charge in [0.15, 0.2) is 11.4 Å². The van der Waals surface area contributed by atoms with E-state index in [9.17, 15) is 9.90 Å². The third kappa shape index (κ3) is 6.82. The number of rotatable bonds is 9. The van der Waals surface area contributed by atoms with Crippen LogP contribution in [0.3, 0.4) is 0 Å². The van der Waals surface area contributed by atoms with Gasteiger partial charge >= 0.3 is 6.03 Å². The molecule has 36 heavy (non-hydrogen) atoms. The van der Waals surface area contributed by atoms with Crippen molar-refractivity contribution in [2.45, 2.75) is 50.7 Å². The van der Waals surface area contributed by atoms with Crippen LogP contribution in [0.1, 0.15) is 48.5 Å². The largest absolute Gasteiger partial charge is 0.392 e. The van der Waals surface area contributed by atoms with E-state index < -0.39 is 6.29 Å². The fourth-order valence-corrected chi connectivity index (χ4v) is 4.99. The quantitative estimate of drug-likeness (QED) is 0.291. The lowest BCUT2D eigenvalue weighted by atomic mass is 9.91. The van der Waals surface area contributed by atoms with Gasteiger partial charge in [0.2, 0.25) is 0 Å². The van der Waals surface area contributed by atoms with E-state index >= 15 is 0 Å². The molecule has 0 spiro atoms. The van der Waals surface area contributed by atoms with Gasteiger partial charge in [-0.15, -0.1) is 0 Å². The highest BCUT2D eigenvalue weighted by Gasteiger charge is 2.38. The Morgan fingerprint density at radius 3 is 2.31 bits per heavy atom. The second kappa shape index (κ2) is 12.8. The monoisotopic (exact) mass is 508 g/mol. The van der Waals surface area contributed by atoms with Crippen molar-refractivity contribution in [1.82, 2.24) is 20.6 Å². The lowest BCUT2D eigenvalue weighted by Crippen LogP contribution is -2.38. The summed E-state index contributed by atoms with van der Waals surface area (Å²) in [6.45, 7) is 5.04. The van der Waals surface area contributed by atoms with Crippen LogP contribution in [0.15, 0.2) is 72.1 Å². The van der Waals surface area contributed by atoms with Gasteiger partial charge in [-0.25, -0.2) is 14.8 Å². The van der Waals surface area contributed by atoms with E-state index in [4.69, 9.17) is 9.47 Å². The number of aliphatic hydroxyl groups excluding tert-OH is 1. The summed E-state index contributed by atoms with van der Waals surface area (Å²) in [5.41, 5.74) is 3.80. The molecule has 3 aromatic rings. The third-order valence-corrected chi connectivity index (χ3v) is 7.05. The summed E-state index contributed by atoms with van der Waals surface area (Å²) >= 11 is 1.56. The molecule has 0 unspecified atom stereocenters. The highest BCUT2D eigenvalue weighted by Crippen LogP contribution is 2.42. The minimum absolute atomic E-state index is 0.00471. The number of thioether (sulfide) groups is 1. The van der Waals surface area contributed by atoms with Crippen LogP contribution in [0.5, 0.6) is 0 Å². The van der Waals surface area contributed by atoms with Gasteiger partial charge in [-0.3, -0.25) is 0 Å². The number of benzene rings is 2. The fourth-order valence-electron chi connectivity index (χ4n) is 4.02. The Balaban J connectivity index is 1.50. The van der Waals surface area contributed by atoms with Crippen molar-refractivity contribution in [2.75, 3.05) is 12.3 Å². The first kappa shape index (κ1) is 26.1. The van der Waals surface area contributed by atoms with Gasteiger partial charge in [0.1, 0.15) is 0 Å². The van der Waals surface area contributed by atoms with E-state index in [-0.39, 0.29) is 30.8 Å². The number of amides is 2. The molecule has 0 radical (unpaired) electrons. The van der Waals surface area contributed by atoms with E-state index in [0.717, 1.165) is 22.3 Å². The molecule has 0 saturated carbocycles. The second-order valence-corrected chi connectivity index (χ2v) is 9.61. The Labute approximate surface area is 215 Å². The number of ether oxygens (including phenoxy) is 2. The van der Waals surface area contributed by atoms with Gasteiger partial charge in [0, 0.05) is 42.7 Å². The van der Waals surface area contributed by atoms with Gasteiger partial charge in [-0.1, -0.05) is 67.2 Å². The minimum atomic E-state index is -0.545. The molecular weight excluding hydrogens is 476 g/mol. The van der Waals surface area contributed by atoms with Gasteiger partial charge in [-0.05, 0) is 29.7 Å². The number of carbonyl (C=O) groups is 1. The summed E-state index contributed by atoms with van der Waals surface area (Å²) in [7, 11) is 0. The average Bonchev–Trinajstić information content (AvgIpc) is 2.92. The first-order chi connectivity index (χ1) is 17.6. The summed E-state index contributed by atoms with van der Waals surface area (Å²) in [5.74, 6) is 0.767. The smallest absolute Gasteiger partial charge is 0.315 e. The van der Waals surface area contributed by atoms with Crippen LogP contribution in [0.4, 0.5) is 4.79 Å². The number of aromatic nitrogens is 2. The Morgan fingerprint density at radius 1 is 0.972 bits per heavy atom. The topological polar surface area (TPSA) is 106 Å². The molecule has 3 N–H and O–H groups in total. The first-order valence-electron chi connectivity index (χ1n) is 12.1. The zero-order valence-electron chi connectivity index (χ0n) is 20.5. The van der Waals surface area contributed by atoms with Gasteiger partial charge < -0.3 is 25.2 Å². The molecule has 1 saturated heterocycles. The lowest BCUT2D eigenvalue weighted by Gasteiger charge is -2.41. The van der Waals surface area contributed by atoms with Crippen LogP contribution in [0.25, 0.3) is 0 Å². The number of hydrogen-bond donors (Lipinski definition) is 3. The van der Waals surface area contributed by atoms with Crippen molar-refractivity contribution in [3.8, 4) is 0 Å². The Bertz CT molecular complexity index is 1100. The normalized spacial score (nSPS) is 21.6. The summed E-state index contributed by atoms with van der Waals surface area (Å²) < 4.78 is 12.9. The minimum Gasteiger partial charge on any atom is -0.392 e. The Hall–Kier alpha value is -2.98. The SMILES string of the molecule is CCNC(=O)NCc1ccc([C@H]2O[C@@H](CSc3ncccn3)[C@@H](C)[C@@H](c3ccc(CO)cc3)O2)cc1. The van der Waals surface area contributed by atoms with E-state index in [1.54, 1.807) is 30.2 Å². The maximum Gasteiger partial charge on any atom is 0.315 e. The van der Waals surface area contributed by atoms with Crippen molar-refractivity contribution >= 4 is 17.8 Å². The summed E-state index contributed by atoms with van der Waals surface area (Å²) in [6, 6.07) is 17.4. The van der Waals surface area contributed by atoms with E-state index in [1.807, 2.05) is 55.5 Å². The molecule has 1 aliphatic rings. The molecule has 1 fully saturated rings. The van der Waals surface area contributed by atoms with Gasteiger partial charge in [0.25, 0.3) is 0 Å². The highest BCUT2D eigenvalue weighted by atomic mass is 32.2. The standard InChI is InChI=1S/C27H32N4O4S/c1-3-28-26(33)31-15-19-5-11-22(12-6-19)25-34-23(17-36-27-29-13-4-14-30-27)18(2)24(35-25)21-9-7-20(16-32)8-10-21/h4-14,18,23-25,32H,3,15-17H2,1-2H3,(H2,28,31,33)/t18-,23+,24+,25+/m1/s1. The summed E-state index contributed by atoms with van der Waals surface area (Å²) in [4.78, 5) is 20.3. The van der Waals surface area contributed by atoms with Crippen molar-refractivity contribution < 1.29 is 19.4 Å². The van der Waals surface area contributed by atoms with Crippen LogP contribution < -0.4 is 10.6 Å². The lowest BCUT2D eigenvalue weighted by molar-refractivity contribution is -0.268. The van der Waals surface area contributed by atoms with Crippen molar-refractivity contribution in [3.63, 3.8) is 0 Å². The molecule has 4 rings (SSSR count). The first-order valence-corrected chi connectivity index (χ1v) is 13.1. The van der Waals surface area contributed by atoms with Crippen LogP contribution >= 0.6 is 11.8 Å². The molecule has 8 nitrogen and oxygen atoms in total. The van der Waals surface area contributed by atoms with E-state index in [2.05, 4.69) is 27.5 Å². The van der Waals surface area contributed by atoms with Crippen LogP contribution in [-0.2, 0) is 22.6 Å². The summed E-state index contributed by atoms with van der Waals surface area (Å²) in [6.07, 6.45) is 2.65. The highest BCUT2D eigenvalue weighted by molar-refractivity contribution is 7.99. The molecule has 4 atom stereocenters.